The highest BCUT2D eigenvalue weighted by Gasteiger charge is 2.17. The molecule has 0 saturated carbocycles. The molecule has 0 unspecified atom stereocenters. The second-order valence-electron chi connectivity index (χ2n) is 5.88. The van der Waals surface area contributed by atoms with E-state index in [4.69, 9.17) is 0 Å². The van der Waals surface area contributed by atoms with Crippen molar-refractivity contribution in [3.05, 3.63) is 59.9 Å². The van der Waals surface area contributed by atoms with E-state index in [1.54, 1.807) is 4.90 Å². The fourth-order valence-corrected chi connectivity index (χ4v) is 3.50. The van der Waals surface area contributed by atoms with Crippen LogP contribution in [-0.4, -0.2) is 32.3 Å². The van der Waals surface area contributed by atoms with Crippen molar-refractivity contribution >= 4 is 21.6 Å². The monoisotopic (exact) mass is 378 g/mol. The van der Waals surface area contributed by atoms with Crippen molar-refractivity contribution in [2.45, 2.75) is 31.6 Å². The molecule has 5 nitrogen and oxygen atoms in total. The highest BCUT2D eigenvalue weighted by atomic mass is 32.2. The van der Waals surface area contributed by atoms with Gasteiger partial charge in [-0.2, -0.15) is 0 Å². The lowest BCUT2D eigenvalue weighted by atomic mass is 10.2. The number of hydrogen-bond donors (Lipinski definition) is 1. The molecule has 0 bridgehead atoms. The number of carbonyl (C=O) groups is 1. The molecule has 0 aromatic heterocycles. The van der Waals surface area contributed by atoms with Crippen molar-refractivity contribution in [2.24, 2.45) is 0 Å². The number of carbonyl (C=O) groups excluding carboxylic acids is 1. The fraction of sp³-hybridized carbons (Fsp3) is 0.316. The zero-order valence-corrected chi connectivity index (χ0v) is 15.7. The Balaban J connectivity index is 2.14. The lowest BCUT2D eigenvalue weighted by Gasteiger charge is -2.20. The summed E-state index contributed by atoms with van der Waals surface area (Å²) >= 11 is 0. The smallest absolute Gasteiger partial charge is 0.261 e. The lowest BCUT2D eigenvalue weighted by molar-refractivity contribution is 0.0762. The number of halogens is 1. The number of sulfonamides is 1. The second kappa shape index (κ2) is 8.80. The molecule has 2 aromatic carbocycles. The molecule has 26 heavy (non-hydrogen) atoms. The molecule has 0 saturated heterocycles. The van der Waals surface area contributed by atoms with Crippen LogP contribution < -0.4 is 4.72 Å². The normalized spacial score (nSPS) is 11.2. The number of hydrogen-bond acceptors (Lipinski definition) is 3. The third-order valence-electron chi connectivity index (χ3n) is 3.96. The molecular formula is C19H23FN2O3S. The van der Waals surface area contributed by atoms with Gasteiger partial charge in [0, 0.05) is 24.3 Å². The minimum Gasteiger partial charge on any atom is -0.339 e. The molecule has 0 fully saturated rings. The quantitative estimate of drug-likeness (QED) is 0.758. The van der Waals surface area contributed by atoms with Gasteiger partial charge in [0.2, 0.25) is 0 Å². The Hall–Kier alpha value is -2.41. The first-order chi connectivity index (χ1) is 12.4. The Bertz CT molecular complexity index is 834. The van der Waals surface area contributed by atoms with Crippen LogP contribution in [-0.2, 0) is 10.0 Å². The zero-order valence-electron chi connectivity index (χ0n) is 14.9. The van der Waals surface area contributed by atoms with Crippen LogP contribution in [0.4, 0.5) is 10.1 Å². The summed E-state index contributed by atoms with van der Waals surface area (Å²) in [5.41, 5.74) is 0.715. The van der Waals surface area contributed by atoms with Gasteiger partial charge in [-0.05, 0) is 61.9 Å². The molecule has 0 aliphatic rings. The van der Waals surface area contributed by atoms with E-state index in [-0.39, 0.29) is 16.5 Å². The SMILES string of the molecule is CCCCN(CC)C(=O)c1ccc(S(=O)(=O)Nc2ccc(F)cc2)cc1. The van der Waals surface area contributed by atoms with Gasteiger partial charge in [-0.15, -0.1) is 0 Å². The van der Waals surface area contributed by atoms with Crippen molar-refractivity contribution in [3.8, 4) is 0 Å². The number of benzene rings is 2. The predicted molar refractivity (Wildman–Crippen MR) is 100 cm³/mol. The third-order valence-corrected chi connectivity index (χ3v) is 5.36. The average Bonchev–Trinajstić information content (AvgIpc) is 2.64. The molecule has 1 amide bonds. The van der Waals surface area contributed by atoms with E-state index < -0.39 is 15.8 Å². The Kier molecular flexibility index (Phi) is 6.74. The van der Waals surface area contributed by atoms with Crippen LogP contribution in [0.1, 0.15) is 37.0 Å². The van der Waals surface area contributed by atoms with Crippen LogP contribution in [0, 0.1) is 5.82 Å². The molecule has 0 spiro atoms. The van der Waals surface area contributed by atoms with Gasteiger partial charge in [0.1, 0.15) is 5.82 Å². The maximum Gasteiger partial charge on any atom is 0.261 e. The first-order valence-electron chi connectivity index (χ1n) is 8.55. The molecule has 0 aliphatic heterocycles. The molecule has 0 aliphatic carbocycles. The summed E-state index contributed by atoms with van der Waals surface area (Å²) in [4.78, 5) is 14.3. The number of amides is 1. The number of rotatable bonds is 8. The molecule has 0 radical (unpaired) electrons. The first-order valence-corrected chi connectivity index (χ1v) is 10.0. The Labute approximate surface area is 153 Å². The summed E-state index contributed by atoms with van der Waals surface area (Å²) in [5, 5.41) is 0. The summed E-state index contributed by atoms with van der Waals surface area (Å²) in [7, 11) is -3.81. The topological polar surface area (TPSA) is 66.5 Å². The molecule has 0 heterocycles. The number of nitrogens with zero attached hydrogens (tertiary/aromatic N) is 1. The second-order valence-corrected chi connectivity index (χ2v) is 7.56. The average molecular weight is 378 g/mol. The number of nitrogens with one attached hydrogen (secondary N) is 1. The van der Waals surface area contributed by atoms with E-state index in [1.807, 2.05) is 6.92 Å². The molecule has 140 valence electrons. The first kappa shape index (κ1) is 19.9. The van der Waals surface area contributed by atoms with E-state index in [9.17, 15) is 17.6 Å². The van der Waals surface area contributed by atoms with Crippen LogP contribution in [0.2, 0.25) is 0 Å². The van der Waals surface area contributed by atoms with Gasteiger partial charge in [-0.25, -0.2) is 12.8 Å². The van der Waals surface area contributed by atoms with Crippen LogP contribution in [0.15, 0.2) is 53.4 Å². The van der Waals surface area contributed by atoms with Gasteiger partial charge in [-0.1, -0.05) is 13.3 Å². The maximum atomic E-state index is 12.9. The molecule has 2 rings (SSSR count). The van der Waals surface area contributed by atoms with Crippen molar-refractivity contribution < 1.29 is 17.6 Å². The predicted octanol–water partition coefficient (Wildman–Crippen LogP) is 3.89. The summed E-state index contributed by atoms with van der Waals surface area (Å²) in [6, 6.07) is 10.9. The van der Waals surface area contributed by atoms with Crippen LogP contribution >= 0.6 is 0 Å². The standard InChI is InChI=1S/C19H23FN2O3S/c1-3-5-14-22(4-2)19(23)15-6-12-18(13-7-15)26(24,25)21-17-10-8-16(20)9-11-17/h6-13,21H,3-5,14H2,1-2H3. The third kappa shape index (κ3) is 5.05. The number of anilines is 1. The maximum absolute atomic E-state index is 12.9. The molecule has 0 atom stereocenters. The summed E-state index contributed by atoms with van der Waals surface area (Å²) in [6.07, 6.45) is 1.92. The Morgan fingerprint density at radius 2 is 1.65 bits per heavy atom. The zero-order chi connectivity index (χ0) is 19.2. The Morgan fingerprint density at radius 3 is 2.19 bits per heavy atom. The molecular weight excluding hydrogens is 355 g/mol. The van der Waals surface area contributed by atoms with Crippen LogP contribution in [0.25, 0.3) is 0 Å². The Morgan fingerprint density at radius 1 is 1.04 bits per heavy atom. The summed E-state index contributed by atoms with van der Waals surface area (Å²) in [5.74, 6) is -0.559. The van der Waals surface area contributed by atoms with Gasteiger partial charge in [0.25, 0.3) is 15.9 Å². The highest BCUT2D eigenvalue weighted by Crippen LogP contribution is 2.18. The minimum atomic E-state index is -3.81. The van der Waals surface area contributed by atoms with Crippen LogP contribution in [0.3, 0.4) is 0 Å². The summed E-state index contributed by atoms with van der Waals surface area (Å²) in [6.45, 7) is 5.26. The lowest BCUT2D eigenvalue weighted by Crippen LogP contribution is -2.31. The molecule has 7 heteroatoms. The van der Waals surface area contributed by atoms with E-state index in [0.29, 0.717) is 18.7 Å². The minimum absolute atomic E-state index is 0.0370. The van der Waals surface area contributed by atoms with E-state index in [0.717, 1.165) is 12.8 Å². The van der Waals surface area contributed by atoms with E-state index in [1.165, 1.54) is 48.5 Å². The molecule has 1 N–H and O–H groups in total. The van der Waals surface area contributed by atoms with Crippen molar-refractivity contribution in [3.63, 3.8) is 0 Å². The van der Waals surface area contributed by atoms with Gasteiger partial charge >= 0.3 is 0 Å². The van der Waals surface area contributed by atoms with Gasteiger partial charge in [0.15, 0.2) is 0 Å². The number of unbranched alkanes of at least 4 members (excludes halogenated alkanes) is 1. The van der Waals surface area contributed by atoms with E-state index in [2.05, 4.69) is 11.6 Å². The highest BCUT2D eigenvalue weighted by molar-refractivity contribution is 7.92. The molecule has 2 aromatic rings. The van der Waals surface area contributed by atoms with Gasteiger partial charge in [0.05, 0.1) is 4.90 Å². The van der Waals surface area contributed by atoms with E-state index >= 15 is 0 Å². The van der Waals surface area contributed by atoms with Crippen molar-refractivity contribution in [1.82, 2.24) is 4.90 Å². The van der Waals surface area contributed by atoms with Crippen molar-refractivity contribution in [1.29, 1.82) is 0 Å². The van der Waals surface area contributed by atoms with Crippen molar-refractivity contribution in [2.75, 3.05) is 17.8 Å². The fourth-order valence-electron chi connectivity index (χ4n) is 2.44. The van der Waals surface area contributed by atoms with Crippen LogP contribution in [0.5, 0.6) is 0 Å². The van der Waals surface area contributed by atoms with Gasteiger partial charge < -0.3 is 4.90 Å². The largest absolute Gasteiger partial charge is 0.339 e. The summed E-state index contributed by atoms with van der Waals surface area (Å²) < 4.78 is 40.1. The van der Waals surface area contributed by atoms with Gasteiger partial charge in [-0.3, -0.25) is 9.52 Å².